The zero-order valence-corrected chi connectivity index (χ0v) is 72.6. The molecule has 12 heteroatoms. The lowest BCUT2D eigenvalue weighted by atomic mass is 9.55. The molecule has 0 radical (unpaired) electrons. The van der Waals surface area contributed by atoms with Gasteiger partial charge in [-0.1, -0.05) is 381 Å². The highest BCUT2D eigenvalue weighted by atomic mass is 15.1. The summed E-state index contributed by atoms with van der Waals surface area (Å²) in [5.74, 6) is 27.1. The summed E-state index contributed by atoms with van der Waals surface area (Å²) < 4.78 is 0. The number of hydrogen-bond donors (Lipinski definition) is 0. The minimum Gasteiger partial charge on any atom is -0.383 e. The molecule has 12 heterocycles. The average molecular weight is 1670 g/mol. The molecule has 0 saturated carbocycles. The molecule has 0 unspecified atom stereocenters. The van der Waals surface area contributed by atoms with E-state index in [0.29, 0.717) is 41.1 Å². The number of anilines is 8. The minimum atomic E-state index is 0.299. The lowest BCUT2D eigenvalue weighted by molar-refractivity contribution is 1.35. The SMILES string of the molecule is C1=CB2C=Cc3c(ccc4c3ccc3ccccc34)N2C=C1.C1=CB2C=Cc3cc4c(ccc5ccccc54)cc3N2C=C1.C1=CB2C=Cc3cc4cc5ccccc5cc4cc3N2C=C1.C1=CB2C=Cc3cc4ccc5ccccc5c4cc3N2C=C1.C1=Cc2ccccc2N2B1C=Cc1cc3ccccc3cc12.C1=Cc2ccccc2N2B1C=Cc1ccc3ccccc3c12. The van der Waals surface area contributed by atoms with E-state index in [2.05, 4.69) is 538 Å². The molecule has 12 aliphatic heterocycles. The van der Waals surface area contributed by atoms with E-state index in [0.717, 1.165) is 0 Å². The van der Waals surface area contributed by atoms with Gasteiger partial charge in [-0.25, -0.2) is 0 Å². The van der Waals surface area contributed by atoms with Crippen LogP contribution in [-0.2, 0) is 0 Å². The van der Waals surface area contributed by atoms with Gasteiger partial charge in [-0.2, -0.15) is 0 Å². The maximum atomic E-state index is 2.47. The fourth-order valence-corrected chi connectivity index (χ4v) is 21.3. The van der Waals surface area contributed by atoms with Gasteiger partial charge in [0.05, 0.1) is 0 Å². The Bertz CT molecular complexity index is 8310. The number of allylic oxidation sites excluding steroid dienone is 8. The van der Waals surface area contributed by atoms with Gasteiger partial charge < -0.3 is 28.9 Å². The van der Waals surface area contributed by atoms with Gasteiger partial charge in [0.15, 0.2) is 0 Å². The molecular weight excluding hydrogens is 1590 g/mol. The fourth-order valence-electron chi connectivity index (χ4n) is 21.3. The molecule has 30 rings (SSSR count). The van der Waals surface area contributed by atoms with E-state index in [1.165, 1.54) is 198 Å². The van der Waals surface area contributed by atoms with Gasteiger partial charge in [-0.15, -0.1) is 0 Å². The second kappa shape index (κ2) is 33.0. The second-order valence-corrected chi connectivity index (χ2v) is 35.4. The van der Waals surface area contributed by atoms with Crippen molar-refractivity contribution in [1.29, 1.82) is 0 Å². The van der Waals surface area contributed by atoms with Crippen LogP contribution in [0.2, 0.25) is 0 Å². The maximum absolute atomic E-state index is 2.47. The summed E-state index contributed by atoms with van der Waals surface area (Å²) in [6.07, 6.45) is 43.5. The molecule has 18 aromatic rings. The molecule has 0 spiro atoms. The lowest BCUT2D eigenvalue weighted by Crippen LogP contribution is -2.37. The predicted molar refractivity (Wildman–Crippen MR) is 581 cm³/mol. The second-order valence-electron chi connectivity index (χ2n) is 35.4. The number of benzene rings is 18. The molecule has 0 aliphatic carbocycles. The van der Waals surface area contributed by atoms with Crippen molar-refractivity contribution in [2.75, 3.05) is 28.9 Å². The summed E-state index contributed by atoms with van der Waals surface area (Å²) in [7, 11) is 0. The van der Waals surface area contributed by atoms with Crippen LogP contribution in [0.4, 0.5) is 45.5 Å². The molecule has 132 heavy (non-hydrogen) atoms. The van der Waals surface area contributed by atoms with Gasteiger partial charge in [-0.05, 0) is 269 Å². The van der Waals surface area contributed by atoms with E-state index in [-0.39, 0.29) is 0 Å². The lowest BCUT2D eigenvalue weighted by Gasteiger charge is -2.37. The highest BCUT2D eigenvalue weighted by molar-refractivity contribution is 6.79. The first kappa shape index (κ1) is 77.9. The van der Waals surface area contributed by atoms with Crippen LogP contribution in [0.5, 0.6) is 0 Å². The first-order chi connectivity index (χ1) is 65.4. The molecule has 0 bridgehead atoms. The predicted octanol–water partition coefficient (Wildman–Crippen LogP) is 30.1. The first-order valence-electron chi connectivity index (χ1n) is 46.0. The van der Waals surface area contributed by atoms with Crippen LogP contribution in [0.25, 0.3) is 156 Å². The Morgan fingerprint density at radius 3 is 1.05 bits per heavy atom. The molecule has 6 nitrogen and oxygen atoms in total. The van der Waals surface area contributed by atoms with Crippen LogP contribution >= 0.6 is 0 Å². The standard InChI is InChI=1S/6C20H14BN/c1-3-7-18-15(5-1)9-10-17-12-14-21-13-11-16-6-2-4-8-19(16)22(21)20(17)18;1-2-7-17-14-20-18(13-16(17)6-1)10-12-21-11-9-15-5-3-4-8-19(15)22(20)21;1-2-6-16-15(5-1)7-8-18-17(16)9-10-20-19(18)11-13-21-12-3-4-14-22(20)21;1-2-6-18-15(5-1)7-8-16-14-20-17(13-19(16)18)9-11-21-10-3-4-12-22(20)21;1-2-6-18-15(5-1)7-8-16-13-17-9-11-21-10-3-4-12-22(21)20(17)14-19(16)18;1-2-6-16-12-19-14-20-17(13-18(19)11-15(16)5-1)7-9-21-8-3-4-10-22(20)21/h6*1-14H. The van der Waals surface area contributed by atoms with E-state index in [1.807, 2.05) is 0 Å². The van der Waals surface area contributed by atoms with Crippen molar-refractivity contribution < 1.29 is 0 Å². The number of hydrogen-bond acceptors (Lipinski definition) is 6. The summed E-state index contributed by atoms with van der Waals surface area (Å²) in [4.78, 5) is 14.3. The molecular formula is C120H84B6N6. The summed E-state index contributed by atoms with van der Waals surface area (Å²) in [6.45, 7) is 1.97. The highest BCUT2D eigenvalue weighted by Gasteiger charge is 2.34. The third kappa shape index (κ3) is 14.0. The molecule has 0 atom stereocenters. The third-order valence-corrected chi connectivity index (χ3v) is 27.7. The average Bonchev–Trinajstić information content (AvgIpc) is 0.743. The van der Waals surface area contributed by atoms with E-state index in [4.69, 9.17) is 0 Å². The van der Waals surface area contributed by atoms with Crippen molar-refractivity contribution in [2.24, 2.45) is 0 Å². The summed E-state index contributed by atoms with van der Waals surface area (Å²) >= 11 is 0. The maximum Gasteiger partial charge on any atom is 0.313 e. The summed E-state index contributed by atoms with van der Waals surface area (Å²) in [5.41, 5.74) is 20.7. The largest absolute Gasteiger partial charge is 0.383 e. The van der Waals surface area contributed by atoms with E-state index >= 15 is 0 Å². The Kier molecular flexibility index (Phi) is 19.5. The van der Waals surface area contributed by atoms with Crippen molar-refractivity contribution in [3.63, 3.8) is 0 Å². The van der Waals surface area contributed by atoms with Crippen LogP contribution < -0.4 is 28.9 Å². The molecule has 0 fully saturated rings. The highest BCUT2D eigenvalue weighted by Crippen LogP contribution is 2.47. The Hall–Kier alpha value is -16.4. The van der Waals surface area contributed by atoms with Crippen LogP contribution in [0.15, 0.2) is 461 Å². The Morgan fingerprint density at radius 2 is 0.485 bits per heavy atom. The van der Waals surface area contributed by atoms with E-state index < -0.39 is 0 Å². The smallest absolute Gasteiger partial charge is 0.313 e. The Labute approximate surface area is 771 Å². The van der Waals surface area contributed by atoms with E-state index in [9.17, 15) is 0 Å². The number of nitrogens with zero attached hydrogens (tertiary/aromatic N) is 6. The zero-order valence-electron chi connectivity index (χ0n) is 72.6. The van der Waals surface area contributed by atoms with Gasteiger partial charge in [0.2, 0.25) is 0 Å². The van der Waals surface area contributed by atoms with Gasteiger partial charge >= 0.3 is 41.1 Å². The van der Waals surface area contributed by atoms with Crippen molar-refractivity contribution in [3.8, 4) is 0 Å². The van der Waals surface area contributed by atoms with Crippen LogP contribution in [-0.4, -0.2) is 41.1 Å². The number of para-hydroxylation sites is 2. The number of rotatable bonds is 0. The minimum absolute atomic E-state index is 0.299. The van der Waals surface area contributed by atoms with Gasteiger partial charge in [0.1, 0.15) is 0 Å². The monoisotopic (exact) mass is 1670 g/mol. The number of fused-ring (bicyclic) bond motifs is 37. The Morgan fingerprint density at radius 1 is 0.152 bits per heavy atom. The van der Waals surface area contributed by atoms with Crippen LogP contribution in [0.3, 0.4) is 0 Å². The summed E-state index contributed by atoms with van der Waals surface area (Å²) in [5, 5.41) is 26.2. The molecule has 0 N–H and O–H groups in total. The van der Waals surface area contributed by atoms with Gasteiger partial charge in [0.25, 0.3) is 0 Å². The molecule has 0 amide bonds. The van der Waals surface area contributed by atoms with Gasteiger partial charge in [0, 0.05) is 56.4 Å². The molecule has 0 aromatic heterocycles. The normalized spacial score (nSPS) is 15.2. The Balaban J connectivity index is 0.0000000851. The summed E-state index contributed by atoms with van der Waals surface area (Å²) in [6, 6.07) is 114. The van der Waals surface area contributed by atoms with Crippen molar-refractivity contribution in [1.82, 2.24) is 0 Å². The van der Waals surface area contributed by atoms with Crippen LogP contribution in [0.1, 0.15) is 44.5 Å². The van der Waals surface area contributed by atoms with Crippen molar-refractivity contribution in [2.45, 2.75) is 0 Å². The van der Waals surface area contributed by atoms with Gasteiger partial charge in [-0.3, -0.25) is 0 Å². The van der Waals surface area contributed by atoms with Crippen molar-refractivity contribution >= 4 is 243 Å². The zero-order chi connectivity index (χ0) is 87.1. The fraction of sp³-hybridized carbons (Fsp3) is 0. The van der Waals surface area contributed by atoms with Crippen LogP contribution in [0, 0.1) is 0 Å². The molecule has 18 aromatic carbocycles. The third-order valence-electron chi connectivity index (χ3n) is 27.7. The van der Waals surface area contributed by atoms with E-state index in [1.54, 1.807) is 0 Å². The quantitative estimate of drug-likeness (QED) is 0.0850. The first-order valence-corrected chi connectivity index (χ1v) is 46.0. The molecule has 12 aliphatic rings. The molecule has 612 valence electrons. The topological polar surface area (TPSA) is 19.4 Å². The molecule has 0 saturated heterocycles. The van der Waals surface area contributed by atoms with Crippen molar-refractivity contribution in [3.05, 3.63) is 505 Å².